The van der Waals surface area contributed by atoms with Crippen molar-refractivity contribution in [1.82, 2.24) is 15.5 Å². The van der Waals surface area contributed by atoms with Gasteiger partial charge in [-0.3, -0.25) is 9.59 Å². The first-order chi connectivity index (χ1) is 12.3. The Morgan fingerprint density at radius 1 is 1.27 bits per heavy atom. The molecule has 0 unspecified atom stereocenters. The highest BCUT2D eigenvalue weighted by atomic mass is 32.2. The third kappa shape index (κ3) is 4.50. The van der Waals surface area contributed by atoms with Gasteiger partial charge in [0.05, 0.1) is 17.5 Å². The van der Waals surface area contributed by atoms with Gasteiger partial charge in [-0.15, -0.1) is 11.8 Å². The second-order valence-corrected chi connectivity index (χ2v) is 7.56. The molecule has 0 aliphatic carbocycles. The average Bonchev–Trinajstić information content (AvgIpc) is 3.30. The Hall–Kier alpha value is -1.74. The molecule has 142 valence electrons. The number of nitrogens with zero attached hydrogens (tertiary/aromatic N) is 1. The molecule has 2 N–H and O–H groups in total. The molecule has 2 heterocycles. The van der Waals surface area contributed by atoms with Crippen LogP contribution in [0.5, 0.6) is 0 Å². The summed E-state index contributed by atoms with van der Waals surface area (Å²) in [6.45, 7) is 1.78. The van der Waals surface area contributed by atoms with Crippen LogP contribution >= 0.6 is 11.8 Å². The fourth-order valence-corrected chi connectivity index (χ4v) is 4.07. The van der Waals surface area contributed by atoms with Gasteiger partial charge in [0.15, 0.2) is 0 Å². The molecular formula is C17H20F3N3O2S. The third-order valence-electron chi connectivity index (χ3n) is 4.61. The van der Waals surface area contributed by atoms with Crippen LogP contribution in [0, 0.1) is 5.92 Å². The number of alkyl halides is 3. The summed E-state index contributed by atoms with van der Waals surface area (Å²) in [6.07, 6.45) is -3.77. The van der Waals surface area contributed by atoms with Crippen LogP contribution in [0.25, 0.3) is 0 Å². The van der Waals surface area contributed by atoms with E-state index in [9.17, 15) is 22.8 Å². The van der Waals surface area contributed by atoms with E-state index >= 15 is 0 Å². The second-order valence-electron chi connectivity index (χ2n) is 6.49. The quantitative estimate of drug-likeness (QED) is 0.829. The van der Waals surface area contributed by atoms with Crippen molar-refractivity contribution in [1.29, 1.82) is 0 Å². The van der Waals surface area contributed by atoms with E-state index in [1.165, 1.54) is 12.1 Å². The number of hydrogen-bond donors (Lipinski definition) is 2. The van der Waals surface area contributed by atoms with Crippen LogP contribution in [-0.2, 0) is 11.0 Å². The topological polar surface area (TPSA) is 61.4 Å². The van der Waals surface area contributed by atoms with Gasteiger partial charge in [-0.1, -0.05) is 0 Å². The van der Waals surface area contributed by atoms with Crippen LogP contribution in [0.2, 0.25) is 0 Å². The van der Waals surface area contributed by atoms with Crippen molar-refractivity contribution in [3.8, 4) is 0 Å². The summed E-state index contributed by atoms with van der Waals surface area (Å²) in [5, 5.41) is 5.93. The summed E-state index contributed by atoms with van der Waals surface area (Å²) in [5.41, 5.74) is -0.596. The fourth-order valence-electron chi connectivity index (χ4n) is 3.11. The van der Waals surface area contributed by atoms with Crippen LogP contribution in [0.15, 0.2) is 24.3 Å². The Morgan fingerprint density at radius 2 is 2.00 bits per heavy atom. The Labute approximate surface area is 153 Å². The fraction of sp³-hybridized carbons (Fsp3) is 0.529. The minimum absolute atomic E-state index is 0.103. The van der Waals surface area contributed by atoms with Gasteiger partial charge in [0.2, 0.25) is 5.91 Å². The van der Waals surface area contributed by atoms with Gasteiger partial charge in [-0.2, -0.15) is 13.2 Å². The molecule has 2 aliphatic heterocycles. The highest BCUT2D eigenvalue weighted by molar-refractivity contribution is 7.99. The third-order valence-corrected chi connectivity index (χ3v) is 5.58. The smallest absolute Gasteiger partial charge is 0.352 e. The molecule has 2 aliphatic rings. The zero-order valence-electron chi connectivity index (χ0n) is 14.0. The van der Waals surface area contributed by atoms with Gasteiger partial charge in [0, 0.05) is 31.0 Å². The molecule has 26 heavy (non-hydrogen) atoms. The Balaban J connectivity index is 1.47. The lowest BCUT2D eigenvalue weighted by Crippen LogP contribution is -2.42. The summed E-state index contributed by atoms with van der Waals surface area (Å²) >= 11 is 1.73. The van der Waals surface area contributed by atoms with Gasteiger partial charge in [0.1, 0.15) is 0 Å². The number of hydrogen-bond acceptors (Lipinski definition) is 4. The molecule has 1 aromatic carbocycles. The molecule has 2 saturated heterocycles. The minimum Gasteiger partial charge on any atom is -0.352 e. The van der Waals surface area contributed by atoms with Gasteiger partial charge >= 0.3 is 6.18 Å². The summed E-state index contributed by atoms with van der Waals surface area (Å²) in [7, 11) is 0. The van der Waals surface area contributed by atoms with Crippen molar-refractivity contribution < 1.29 is 22.8 Å². The van der Waals surface area contributed by atoms with Crippen molar-refractivity contribution in [2.45, 2.75) is 18.6 Å². The van der Waals surface area contributed by atoms with E-state index in [-0.39, 0.29) is 23.4 Å². The van der Waals surface area contributed by atoms with Crippen molar-refractivity contribution in [2.75, 3.05) is 31.3 Å². The summed E-state index contributed by atoms with van der Waals surface area (Å²) in [4.78, 5) is 26.3. The first kappa shape index (κ1) is 19.0. The molecular weight excluding hydrogens is 367 g/mol. The number of benzene rings is 1. The number of halogens is 3. The molecule has 0 saturated carbocycles. The normalized spacial score (nSPS) is 23.3. The lowest BCUT2D eigenvalue weighted by molar-refractivity contribution is -0.137. The molecule has 9 heteroatoms. The first-order valence-corrected chi connectivity index (χ1v) is 9.55. The first-order valence-electron chi connectivity index (χ1n) is 8.40. The standard InChI is InChI=1S/C17H20F3N3O2S/c18-17(19,20)13-3-1-12(2-4-13)15(24)22-9-11-7-14(21-8-11)16(25)23-5-6-26-10-23/h1-4,11,14,21H,5-10H2,(H,22,24)/t11-,14-/m0/s1. The average molecular weight is 387 g/mol. The molecule has 1 aromatic rings. The number of rotatable bonds is 4. The number of thioether (sulfide) groups is 1. The summed E-state index contributed by atoms with van der Waals surface area (Å²) in [5.74, 6) is 1.51. The van der Waals surface area contributed by atoms with Gasteiger partial charge < -0.3 is 15.5 Å². The molecule has 2 amide bonds. The van der Waals surface area contributed by atoms with Crippen molar-refractivity contribution in [2.24, 2.45) is 5.92 Å². The van der Waals surface area contributed by atoms with Gasteiger partial charge in [-0.25, -0.2) is 0 Å². The number of carbonyl (C=O) groups excluding carboxylic acids is 2. The van der Waals surface area contributed by atoms with E-state index in [0.29, 0.717) is 19.5 Å². The van der Waals surface area contributed by atoms with E-state index in [1.54, 1.807) is 11.8 Å². The summed E-state index contributed by atoms with van der Waals surface area (Å²) < 4.78 is 37.6. The van der Waals surface area contributed by atoms with E-state index in [1.807, 2.05) is 4.90 Å². The van der Waals surface area contributed by atoms with Crippen LogP contribution in [0.3, 0.4) is 0 Å². The molecule has 0 radical (unpaired) electrons. The molecule has 0 aromatic heterocycles. The van der Waals surface area contributed by atoms with Crippen molar-refractivity contribution in [3.05, 3.63) is 35.4 Å². The van der Waals surface area contributed by atoms with E-state index < -0.39 is 17.6 Å². The SMILES string of the molecule is O=C(NC[C@@H]1CN[C@H](C(=O)N2CCSC2)C1)c1ccc(C(F)(F)F)cc1. The molecule has 2 atom stereocenters. The molecule has 0 bridgehead atoms. The highest BCUT2D eigenvalue weighted by Crippen LogP contribution is 2.29. The molecule has 3 rings (SSSR count). The maximum absolute atomic E-state index is 12.5. The predicted octanol–water partition coefficient (Wildman–Crippen LogP) is 1.95. The van der Waals surface area contributed by atoms with Crippen LogP contribution in [0.1, 0.15) is 22.3 Å². The number of nitrogens with one attached hydrogen (secondary N) is 2. The van der Waals surface area contributed by atoms with Crippen molar-refractivity contribution in [3.63, 3.8) is 0 Å². The zero-order chi connectivity index (χ0) is 18.7. The highest BCUT2D eigenvalue weighted by Gasteiger charge is 2.33. The Kier molecular flexibility index (Phi) is 5.76. The molecule has 2 fully saturated rings. The molecule has 0 spiro atoms. The number of carbonyl (C=O) groups is 2. The lowest BCUT2D eigenvalue weighted by atomic mass is 10.0. The maximum atomic E-state index is 12.5. The number of amides is 2. The van der Waals surface area contributed by atoms with Crippen LogP contribution in [-0.4, -0.2) is 54.0 Å². The van der Waals surface area contributed by atoms with E-state index in [2.05, 4.69) is 10.6 Å². The van der Waals surface area contributed by atoms with Crippen LogP contribution < -0.4 is 10.6 Å². The largest absolute Gasteiger partial charge is 0.416 e. The predicted molar refractivity (Wildman–Crippen MR) is 92.7 cm³/mol. The second kappa shape index (κ2) is 7.87. The minimum atomic E-state index is -4.42. The maximum Gasteiger partial charge on any atom is 0.416 e. The van der Waals surface area contributed by atoms with Crippen LogP contribution in [0.4, 0.5) is 13.2 Å². The van der Waals surface area contributed by atoms with Gasteiger partial charge in [-0.05, 0) is 36.6 Å². The Morgan fingerprint density at radius 3 is 2.62 bits per heavy atom. The lowest BCUT2D eigenvalue weighted by Gasteiger charge is -2.19. The van der Waals surface area contributed by atoms with Crippen molar-refractivity contribution >= 4 is 23.6 Å². The van der Waals surface area contributed by atoms with Gasteiger partial charge in [0.25, 0.3) is 5.91 Å². The summed E-state index contributed by atoms with van der Waals surface area (Å²) in [6, 6.07) is 3.91. The monoisotopic (exact) mass is 387 g/mol. The Bertz CT molecular complexity index is 660. The van der Waals surface area contributed by atoms with E-state index in [4.69, 9.17) is 0 Å². The molecule has 5 nitrogen and oxygen atoms in total. The zero-order valence-corrected chi connectivity index (χ0v) is 14.8. The van der Waals surface area contributed by atoms with E-state index in [0.717, 1.165) is 30.3 Å².